The van der Waals surface area contributed by atoms with Crippen LogP contribution in [0.5, 0.6) is 0 Å². The zero-order chi connectivity index (χ0) is 77.7. The summed E-state index contributed by atoms with van der Waals surface area (Å²) in [5.74, 6) is -12.5. The molecule has 2 heterocycles. The van der Waals surface area contributed by atoms with Crippen molar-refractivity contribution >= 4 is 76.9 Å². The third-order valence-corrected chi connectivity index (χ3v) is 19.6. The van der Waals surface area contributed by atoms with Crippen molar-refractivity contribution in [2.24, 2.45) is 41.4 Å². The first-order chi connectivity index (χ1) is 46.8. The molecule has 2 aliphatic rings. The maximum absolute atomic E-state index is 15.6. The zero-order valence-corrected chi connectivity index (χ0v) is 66.1. The van der Waals surface area contributed by atoms with Gasteiger partial charge in [-0.15, -0.1) is 0 Å². The number of likely N-dealkylation sites (N-methyl/N-ethyl adjacent to an activating group) is 7. The van der Waals surface area contributed by atoms with E-state index in [9.17, 15) is 28.8 Å². The number of piperazine rings is 1. The number of allylic oxidation sites excluding steroid dienone is 2. The molecule has 0 spiro atoms. The summed E-state index contributed by atoms with van der Waals surface area (Å²) in [4.78, 5) is 204. The largest absolute Gasteiger partial charge is 0.459 e. The highest BCUT2D eigenvalue weighted by Gasteiger charge is 2.48. The minimum absolute atomic E-state index is 0.0585. The second kappa shape index (κ2) is 41.2. The van der Waals surface area contributed by atoms with E-state index in [1.54, 1.807) is 72.4 Å². The molecule has 2 saturated heterocycles. The van der Waals surface area contributed by atoms with Gasteiger partial charge >= 0.3 is 5.97 Å². The van der Waals surface area contributed by atoms with E-state index in [0.29, 0.717) is 32.2 Å². The number of hydrogen-bond donors (Lipinski definition) is 4. The molecule has 14 atom stereocenters. The molecule has 0 radical (unpaired) electrons. The average Bonchev–Trinajstić information content (AvgIpc) is 0.804. The average molecular weight is 1430 g/mol. The zero-order valence-electron chi connectivity index (χ0n) is 66.1. The monoisotopic (exact) mass is 1430 g/mol. The Labute approximate surface area is 603 Å². The fourth-order valence-electron chi connectivity index (χ4n) is 13.2. The summed E-state index contributed by atoms with van der Waals surface area (Å²) in [6.45, 7) is 36.1. The van der Waals surface area contributed by atoms with Crippen LogP contribution in [0, 0.1) is 41.4 Å². The first-order valence-electron chi connectivity index (χ1n) is 36.3. The molecular weight excluding hydrogens is 1300 g/mol. The molecule has 0 aromatic rings. The molecule has 12 amide bonds. The Morgan fingerprint density at radius 1 is 0.495 bits per heavy atom. The normalized spacial score (nSPS) is 26.6. The number of rotatable bonds is 20. The number of ether oxygens (including phenoxy) is 2. The van der Waals surface area contributed by atoms with Crippen molar-refractivity contribution in [3.63, 3.8) is 0 Å². The smallest absolute Gasteiger partial charge is 0.303 e. The van der Waals surface area contributed by atoms with Crippen molar-refractivity contribution in [2.75, 3.05) is 88.7 Å². The van der Waals surface area contributed by atoms with E-state index in [0.717, 1.165) is 21.6 Å². The van der Waals surface area contributed by atoms with E-state index >= 15 is 33.6 Å². The van der Waals surface area contributed by atoms with Gasteiger partial charge in [0, 0.05) is 94.4 Å². The topological polar surface area (TPSA) is 318 Å². The molecule has 0 bridgehead atoms. The van der Waals surface area contributed by atoms with Gasteiger partial charge in [0.25, 0.3) is 0 Å². The van der Waals surface area contributed by atoms with Gasteiger partial charge in [0.05, 0.1) is 6.61 Å². The predicted molar refractivity (Wildman–Crippen MR) is 386 cm³/mol. The van der Waals surface area contributed by atoms with Crippen LogP contribution >= 0.6 is 0 Å². The van der Waals surface area contributed by atoms with Crippen LogP contribution in [0.15, 0.2) is 12.2 Å². The third-order valence-electron chi connectivity index (χ3n) is 19.6. The lowest BCUT2D eigenvalue weighted by Gasteiger charge is -2.42. The van der Waals surface area contributed by atoms with E-state index < -0.39 is 167 Å². The molecule has 2 aliphatic heterocycles. The van der Waals surface area contributed by atoms with Crippen molar-refractivity contribution in [3.8, 4) is 0 Å². The number of nitrogens with one attached hydrogen (secondary N) is 4. The number of hydrogen-bond acceptors (Lipinski definition) is 16. The van der Waals surface area contributed by atoms with Crippen molar-refractivity contribution in [1.82, 2.24) is 65.4 Å². The summed E-state index contributed by atoms with van der Waals surface area (Å²) in [7, 11) is 9.77. The van der Waals surface area contributed by atoms with Gasteiger partial charge in [-0.25, -0.2) is 0 Å². The van der Waals surface area contributed by atoms with E-state index in [4.69, 9.17) is 9.47 Å². The summed E-state index contributed by atoms with van der Waals surface area (Å²) in [6.07, 6.45) is 2.77. The molecule has 28 heteroatoms. The van der Waals surface area contributed by atoms with Crippen LogP contribution < -0.4 is 21.3 Å². The Bertz CT molecular complexity index is 2860. The SMILES string of the molecule is C/C=C/C[C@@H](C)[C@@H](OC(C)=O)[C@H]1C(=O)N[C@@H](CC)C(=O)N(C)[C@H](C)C(=O)N(C)[C@@H]([C@H](C)COCC(=O)N2CCN(C(C)C)CC2)C(=O)N[C@@H](C(C)C)C(=O)N(C)[C@@H](CC(C)C)C(=O)N[C@@H](C)C(=O)N[C@H](C)C(=O)N(C)[C@@H](CC(C)C)C(=O)N(C)[C@@H](CC(C)C)C(=O)N(C)[C@@H](C(C)C)C(=O)N1C. The number of amides is 12. The van der Waals surface area contributed by atoms with Crippen LogP contribution in [-0.4, -0.2) is 288 Å². The molecule has 101 heavy (non-hydrogen) atoms. The van der Waals surface area contributed by atoms with Crippen LogP contribution in [-0.2, 0) is 71.8 Å². The molecule has 0 unspecified atom stereocenters. The van der Waals surface area contributed by atoms with Crippen molar-refractivity contribution in [2.45, 2.75) is 249 Å². The van der Waals surface area contributed by atoms with Crippen molar-refractivity contribution < 1.29 is 71.8 Å². The number of nitrogens with zero attached hydrogens (tertiary/aromatic N) is 9. The lowest BCUT2D eigenvalue weighted by atomic mass is 9.91. The van der Waals surface area contributed by atoms with Gasteiger partial charge in [-0.3, -0.25) is 67.2 Å². The maximum Gasteiger partial charge on any atom is 0.303 e. The lowest BCUT2D eigenvalue weighted by molar-refractivity contribution is -0.164. The minimum Gasteiger partial charge on any atom is -0.459 e. The Kier molecular flexibility index (Phi) is 36.6. The van der Waals surface area contributed by atoms with Crippen LogP contribution in [0.3, 0.4) is 0 Å². The van der Waals surface area contributed by atoms with Crippen LogP contribution in [0.4, 0.5) is 0 Å². The molecule has 2 rings (SSSR count). The summed E-state index contributed by atoms with van der Waals surface area (Å²) >= 11 is 0. The van der Waals surface area contributed by atoms with Crippen LogP contribution in [0.2, 0.25) is 0 Å². The van der Waals surface area contributed by atoms with E-state index in [1.165, 1.54) is 89.7 Å². The summed E-state index contributed by atoms with van der Waals surface area (Å²) in [5, 5.41) is 11.1. The van der Waals surface area contributed by atoms with Gasteiger partial charge in [-0.1, -0.05) is 102 Å². The van der Waals surface area contributed by atoms with Gasteiger partial charge in [0.15, 0.2) is 0 Å². The fourth-order valence-corrected chi connectivity index (χ4v) is 13.2. The molecular formula is C73H129N13O15. The molecule has 0 aliphatic carbocycles. The molecule has 0 aromatic carbocycles. The predicted octanol–water partition coefficient (Wildman–Crippen LogP) is 3.39. The number of carbonyl (C=O) groups excluding carboxylic acids is 13. The minimum atomic E-state index is -1.66. The summed E-state index contributed by atoms with van der Waals surface area (Å²) in [6, 6.07) is -14.3. The van der Waals surface area contributed by atoms with E-state index in [2.05, 4.69) is 40.0 Å². The summed E-state index contributed by atoms with van der Waals surface area (Å²) in [5.41, 5.74) is 0. The Hall–Kier alpha value is -7.23. The first kappa shape index (κ1) is 89.9. The highest BCUT2D eigenvalue weighted by molar-refractivity contribution is 6.00. The van der Waals surface area contributed by atoms with Gasteiger partial charge in [0.2, 0.25) is 70.9 Å². The number of carbonyl (C=O) groups is 13. The quantitative estimate of drug-likeness (QED) is 0.100. The van der Waals surface area contributed by atoms with E-state index in [-0.39, 0.29) is 69.0 Å². The maximum atomic E-state index is 15.6. The second-order valence-corrected chi connectivity index (χ2v) is 30.4. The number of esters is 1. The fraction of sp³-hybridized carbons (Fsp3) is 0.795. The molecule has 4 N–H and O–H groups in total. The molecule has 0 saturated carbocycles. The van der Waals surface area contributed by atoms with Crippen molar-refractivity contribution in [3.05, 3.63) is 12.2 Å². The Morgan fingerprint density at radius 3 is 1.44 bits per heavy atom. The van der Waals surface area contributed by atoms with E-state index in [1.807, 2.05) is 41.5 Å². The Morgan fingerprint density at radius 2 is 0.960 bits per heavy atom. The molecule has 2 fully saturated rings. The van der Waals surface area contributed by atoms with Crippen LogP contribution in [0.25, 0.3) is 0 Å². The van der Waals surface area contributed by atoms with Gasteiger partial charge in [-0.2, -0.15) is 0 Å². The Balaban J connectivity index is 3.10. The molecule has 28 nitrogen and oxygen atoms in total. The van der Waals surface area contributed by atoms with Gasteiger partial charge in [-0.05, 0) is 109 Å². The molecule has 0 aromatic heterocycles. The molecule has 576 valence electrons. The second-order valence-electron chi connectivity index (χ2n) is 30.4. The highest BCUT2D eigenvalue weighted by atomic mass is 16.5. The first-order valence-corrected chi connectivity index (χ1v) is 36.3. The standard InChI is InChI=1S/C73H129N13O15/c1-28-30-31-47(15)62(101-52(20)87)61-66(92)76-53(29-2)69(95)78(21)51(19)68(94)83(26)60(48(16)39-100-40-57(88)86-34-32-85(33-35-86)46(13)14)65(91)77-58(44(9)10)72(98)79(22)54(36-41(3)4)64(90)74-49(17)63(89)75-50(18)67(93)80(23)55(37-42(5)6)70(96)81(24)56(38-43(7)8)71(97)82(25)59(45(11)12)73(99)84(61)27/h28,30,41-51,53-56,58-62H,29,31-40H2,1-27H3,(H,74,90)(H,75,89)(H,76,92)(H,77,91)/b30-28+/t47-,48-,49+,50-,51-,53+,54+,55+,56+,58+,59+,60+,61+,62-/m1/s1. The summed E-state index contributed by atoms with van der Waals surface area (Å²) < 4.78 is 12.0. The third kappa shape index (κ3) is 25.0. The van der Waals surface area contributed by atoms with Gasteiger partial charge in [0.1, 0.15) is 79.2 Å². The highest BCUT2D eigenvalue weighted by Crippen LogP contribution is 2.27. The van der Waals surface area contributed by atoms with Gasteiger partial charge < -0.3 is 69.9 Å². The van der Waals surface area contributed by atoms with Crippen molar-refractivity contribution in [1.29, 1.82) is 0 Å². The van der Waals surface area contributed by atoms with Crippen LogP contribution in [0.1, 0.15) is 171 Å². The lowest BCUT2D eigenvalue weighted by Crippen LogP contribution is -2.64.